The summed E-state index contributed by atoms with van der Waals surface area (Å²) >= 11 is 1.48. The van der Waals surface area contributed by atoms with Gasteiger partial charge in [-0.25, -0.2) is 0 Å². The highest BCUT2D eigenvalue weighted by Crippen LogP contribution is 2.27. The summed E-state index contributed by atoms with van der Waals surface area (Å²) in [6.07, 6.45) is 3.56. The summed E-state index contributed by atoms with van der Waals surface area (Å²) in [5.74, 6) is 0.942. The summed E-state index contributed by atoms with van der Waals surface area (Å²) in [6.45, 7) is 8.03. The number of nitrogens with zero attached hydrogens (tertiary/aromatic N) is 3. The molecule has 4 rings (SSSR count). The van der Waals surface area contributed by atoms with E-state index in [2.05, 4.69) is 37.1 Å². The van der Waals surface area contributed by atoms with Crippen molar-refractivity contribution in [2.75, 3.05) is 7.05 Å². The Morgan fingerprint density at radius 3 is 2.80 bits per heavy atom. The average molecular weight is 424 g/mol. The van der Waals surface area contributed by atoms with Gasteiger partial charge >= 0.3 is 0 Å². The number of hydrogen-bond donors (Lipinski definition) is 0. The molecule has 0 aliphatic heterocycles. The van der Waals surface area contributed by atoms with Gasteiger partial charge in [-0.15, -0.1) is 11.3 Å². The molecule has 1 aliphatic carbocycles. The highest BCUT2D eigenvalue weighted by molar-refractivity contribution is 7.12. The predicted molar refractivity (Wildman–Crippen MR) is 120 cm³/mol. The Hall–Kier alpha value is -2.60. The number of ether oxygens (including phenoxy) is 1. The highest BCUT2D eigenvalue weighted by Gasteiger charge is 2.19. The first-order chi connectivity index (χ1) is 14.5. The summed E-state index contributed by atoms with van der Waals surface area (Å²) in [5, 5.41) is 6.57. The van der Waals surface area contributed by atoms with Crippen LogP contribution < -0.4 is 4.74 Å². The third kappa shape index (κ3) is 4.15. The lowest BCUT2D eigenvalue weighted by Gasteiger charge is -2.16. The molecule has 1 aromatic carbocycles. The maximum absolute atomic E-state index is 12.9. The number of fused-ring (bicyclic) bond motifs is 1. The van der Waals surface area contributed by atoms with Crippen molar-refractivity contribution in [3.05, 3.63) is 68.2 Å². The van der Waals surface area contributed by atoms with Crippen LogP contribution in [0.15, 0.2) is 29.6 Å². The van der Waals surface area contributed by atoms with Gasteiger partial charge in [-0.1, -0.05) is 6.07 Å². The fourth-order valence-electron chi connectivity index (χ4n) is 4.14. The Morgan fingerprint density at radius 1 is 1.23 bits per heavy atom. The third-order valence-corrected chi connectivity index (χ3v) is 6.88. The zero-order chi connectivity index (χ0) is 21.3. The fourth-order valence-corrected chi connectivity index (χ4v) is 5.03. The maximum atomic E-state index is 12.9. The van der Waals surface area contributed by atoms with Crippen LogP contribution in [0.25, 0.3) is 0 Å². The number of hydrogen-bond acceptors (Lipinski definition) is 4. The first kappa shape index (κ1) is 20.7. The molecule has 0 atom stereocenters. The van der Waals surface area contributed by atoms with Crippen molar-refractivity contribution in [1.29, 1.82) is 0 Å². The van der Waals surface area contributed by atoms with E-state index < -0.39 is 0 Å². The Labute approximate surface area is 182 Å². The van der Waals surface area contributed by atoms with Crippen LogP contribution in [-0.4, -0.2) is 27.6 Å². The number of rotatable bonds is 7. The minimum absolute atomic E-state index is 0.0341. The summed E-state index contributed by atoms with van der Waals surface area (Å²) in [6, 6.07) is 8.35. The monoisotopic (exact) mass is 423 g/mol. The molecule has 6 heteroatoms. The lowest BCUT2D eigenvalue weighted by atomic mass is 10.1. The van der Waals surface area contributed by atoms with Crippen molar-refractivity contribution in [3.8, 4) is 5.75 Å². The van der Waals surface area contributed by atoms with E-state index >= 15 is 0 Å². The molecule has 0 bridgehead atoms. The Balaban J connectivity index is 1.38. The molecule has 0 N–H and O–H groups in total. The molecule has 0 radical (unpaired) electrons. The van der Waals surface area contributed by atoms with Gasteiger partial charge in [-0.2, -0.15) is 5.10 Å². The van der Waals surface area contributed by atoms with Gasteiger partial charge in [0, 0.05) is 37.0 Å². The number of benzene rings is 1. The minimum atomic E-state index is 0.0341. The van der Waals surface area contributed by atoms with Gasteiger partial charge < -0.3 is 9.64 Å². The molecular weight excluding hydrogens is 394 g/mol. The Bertz CT molecular complexity index is 1070. The lowest BCUT2D eigenvalue weighted by Crippen LogP contribution is -2.26. The molecule has 0 saturated heterocycles. The number of aromatic nitrogens is 2. The van der Waals surface area contributed by atoms with E-state index in [0.29, 0.717) is 13.2 Å². The first-order valence-electron chi connectivity index (χ1n) is 10.6. The van der Waals surface area contributed by atoms with Crippen LogP contribution in [0.1, 0.15) is 56.7 Å². The summed E-state index contributed by atoms with van der Waals surface area (Å²) in [4.78, 5) is 15.4. The molecule has 3 aromatic rings. The van der Waals surface area contributed by atoms with Crippen molar-refractivity contribution in [3.63, 3.8) is 0 Å². The fraction of sp³-hybridized carbons (Fsp3) is 0.417. The number of carbonyl (C=O) groups is 1. The summed E-state index contributed by atoms with van der Waals surface area (Å²) in [7, 11) is 1.85. The second-order valence-electron chi connectivity index (χ2n) is 8.02. The van der Waals surface area contributed by atoms with Crippen molar-refractivity contribution in [1.82, 2.24) is 14.7 Å². The lowest BCUT2D eigenvalue weighted by molar-refractivity contribution is 0.0789. The standard InChI is InChI=1S/C24H29N3O2S/c1-5-27-17(3)22(16(2)25-27)13-26(4)24(28)23-11-18(15-30-23)14-29-21-10-9-19-7-6-8-20(19)12-21/h9-12,15H,5-8,13-14H2,1-4H3. The van der Waals surface area contributed by atoms with Gasteiger partial charge in [0.1, 0.15) is 12.4 Å². The van der Waals surface area contributed by atoms with Crippen LogP contribution in [0.4, 0.5) is 0 Å². The molecule has 0 fully saturated rings. The predicted octanol–water partition coefficient (Wildman–Crippen LogP) is 4.92. The van der Waals surface area contributed by atoms with Gasteiger partial charge in [0.15, 0.2) is 0 Å². The van der Waals surface area contributed by atoms with Gasteiger partial charge in [-0.3, -0.25) is 9.48 Å². The molecule has 0 saturated carbocycles. The van der Waals surface area contributed by atoms with Crippen molar-refractivity contribution in [2.45, 2.75) is 59.7 Å². The number of amides is 1. The van der Waals surface area contributed by atoms with E-state index in [1.54, 1.807) is 4.90 Å². The van der Waals surface area contributed by atoms with E-state index in [1.807, 2.05) is 30.1 Å². The number of thiophene rings is 1. The highest BCUT2D eigenvalue weighted by atomic mass is 32.1. The SMILES string of the molecule is CCn1nc(C)c(CN(C)C(=O)c2cc(COc3ccc4c(c3)CCC4)cs2)c1C. The molecular formula is C24H29N3O2S. The van der Waals surface area contributed by atoms with Crippen LogP contribution in [0, 0.1) is 13.8 Å². The second-order valence-corrected chi connectivity index (χ2v) is 8.93. The number of carbonyl (C=O) groups excluding carboxylic acids is 1. The molecule has 5 nitrogen and oxygen atoms in total. The van der Waals surface area contributed by atoms with E-state index in [4.69, 9.17) is 4.74 Å². The normalized spacial score (nSPS) is 12.8. The molecule has 158 valence electrons. The van der Waals surface area contributed by atoms with Crippen molar-refractivity contribution < 1.29 is 9.53 Å². The first-order valence-corrected chi connectivity index (χ1v) is 11.4. The second kappa shape index (κ2) is 8.64. The minimum Gasteiger partial charge on any atom is -0.489 e. The summed E-state index contributed by atoms with van der Waals surface area (Å²) < 4.78 is 7.97. The van der Waals surface area contributed by atoms with Crippen LogP contribution in [0.2, 0.25) is 0 Å². The molecule has 2 heterocycles. The quantitative estimate of drug-likeness (QED) is 0.542. The molecule has 1 amide bonds. The van der Waals surface area contributed by atoms with Crippen LogP contribution in [0.5, 0.6) is 5.75 Å². The average Bonchev–Trinajstić information content (AvgIpc) is 3.46. The van der Waals surface area contributed by atoms with Crippen LogP contribution in [0.3, 0.4) is 0 Å². The van der Waals surface area contributed by atoms with Crippen LogP contribution in [-0.2, 0) is 32.5 Å². The molecule has 0 spiro atoms. The van der Waals surface area contributed by atoms with E-state index in [-0.39, 0.29) is 5.91 Å². The topological polar surface area (TPSA) is 47.4 Å². The Kier molecular flexibility index (Phi) is 5.95. The van der Waals surface area contributed by atoms with Gasteiger partial charge in [0.25, 0.3) is 5.91 Å². The largest absolute Gasteiger partial charge is 0.489 e. The van der Waals surface area contributed by atoms with Crippen molar-refractivity contribution >= 4 is 17.2 Å². The zero-order valence-corrected chi connectivity index (χ0v) is 19.0. The zero-order valence-electron chi connectivity index (χ0n) is 18.2. The van der Waals surface area contributed by atoms with Gasteiger partial charge in [0.05, 0.1) is 10.6 Å². The smallest absolute Gasteiger partial charge is 0.263 e. The maximum Gasteiger partial charge on any atom is 0.263 e. The molecule has 2 aromatic heterocycles. The molecule has 0 unspecified atom stereocenters. The Morgan fingerprint density at radius 2 is 2.03 bits per heavy atom. The third-order valence-electron chi connectivity index (χ3n) is 5.91. The van der Waals surface area contributed by atoms with E-state index in [0.717, 1.165) is 46.1 Å². The van der Waals surface area contributed by atoms with Crippen LogP contribution >= 0.6 is 11.3 Å². The summed E-state index contributed by atoms with van der Waals surface area (Å²) in [5.41, 5.74) is 7.14. The van der Waals surface area contributed by atoms with E-state index in [1.165, 1.54) is 35.3 Å². The van der Waals surface area contributed by atoms with Gasteiger partial charge in [0.2, 0.25) is 0 Å². The van der Waals surface area contributed by atoms with Gasteiger partial charge in [-0.05, 0) is 74.7 Å². The van der Waals surface area contributed by atoms with E-state index in [9.17, 15) is 4.79 Å². The van der Waals surface area contributed by atoms with Crippen molar-refractivity contribution in [2.24, 2.45) is 0 Å². The molecule has 1 aliphatic rings. The molecule has 30 heavy (non-hydrogen) atoms. The number of aryl methyl sites for hydroxylation is 4.